The van der Waals surface area contributed by atoms with Crippen LogP contribution in [0.5, 0.6) is 0 Å². The van der Waals surface area contributed by atoms with E-state index in [1.807, 2.05) is 62.4 Å². The number of halogens is 2. The van der Waals surface area contributed by atoms with Gasteiger partial charge in [0.1, 0.15) is 0 Å². The summed E-state index contributed by atoms with van der Waals surface area (Å²) in [6.45, 7) is 3.64. The van der Waals surface area contributed by atoms with Crippen molar-refractivity contribution >= 4 is 55.1 Å². The zero-order valence-corrected chi connectivity index (χ0v) is 19.4. The fraction of sp³-hybridized carbons (Fsp3) is 0.238. The number of carbonyl (C=O) groups excluding carboxylic acids is 2. The van der Waals surface area contributed by atoms with Crippen molar-refractivity contribution in [1.82, 2.24) is 10.9 Å². The number of amides is 2. The van der Waals surface area contributed by atoms with Gasteiger partial charge in [0.05, 0.1) is 11.4 Å². The van der Waals surface area contributed by atoms with E-state index in [-0.39, 0.29) is 24.7 Å². The highest BCUT2D eigenvalue weighted by Gasteiger charge is 2.06. The number of nitrogens with one attached hydrogen (secondary N) is 2. The summed E-state index contributed by atoms with van der Waals surface area (Å²) in [7, 11) is 0. The SMILES string of the molecule is CC(=NNC(=O)CCCC(=O)NN=C(C)c1cccc(Br)c1)c1cccc(Br)c1. The van der Waals surface area contributed by atoms with Crippen LogP contribution in [0.25, 0.3) is 0 Å². The summed E-state index contributed by atoms with van der Waals surface area (Å²) in [6.07, 6.45) is 0.822. The summed E-state index contributed by atoms with van der Waals surface area (Å²) in [5, 5.41) is 8.21. The van der Waals surface area contributed by atoms with Gasteiger partial charge in [0.25, 0.3) is 0 Å². The lowest BCUT2D eigenvalue weighted by molar-refractivity contribution is -0.122. The highest BCUT2D eigenvalue weighted by atomic mass is 79.9. The maximum Gasteiger partial charge on any atom is 0.240 e. The first-order valence-electron chi connectivity index (χ1n) is 9.03. The molecule has 0 aromatic heterocycles. The van der Waals surface area contributed by atoms with Gasteiger partial charge in [0.15, 0.2) is 0 Å². The minimum absolute atomic E-state index is 0.205. The van der Waals surface area contributed by atoms with Gasteiger partial charge in [0, 0.05) is 21.8 Å². The van der Waals surface area contributed by atoms with Crippen molar-refractivity contribution in [2.75, 3.05) is 0 Å². The Kier molecular flexibility index (Phi) is 9.21. The first-order chi connectivity index (χ1) is 13.8. The first kappa shape index (κ1) is 23.0. The van der Waals surface area contributed by atoms with E-state index in [0.717, 1.165) is 20.1 Å². The number of rotatable bonds is 8. The molecular formula is C21H22Br2N4O2. The third-order valence-corrected chi connectivity index (χ3v) is 4.98. The molecule has 0 aliphatic rings. The molecule has 0 spiro atoms. The van der Waals surface area contributed by atoms with Gasteiger partial charge in [-0.2, -0.15) is 10.2 Å². The van der Waals surface area contributed by atoms with E-state index in [9.17, 15) is 9.59 Å². The Balaban J connectivity index is 1.73. The van der Waals surface area contributed by atoms with Crippen molar-refractivity contribution < 1.29 is 9.59 Å². The van der Waals surface area contributed by atoms with Gasteiger partial charge in [-0.3, -0.25) is 9.59 Å². The van der Waals surface area contributed by atoms with Crippen molar-refractivity contribution in [2.24, 2.45) is 10.2 Å². The molecule has 0 radical (unpaired) electrons. The zero-order valence-electron chi connectivity index (χ0n) is 16.2. The third-order valence-electron chi connectivity index (χ3n) is 3.99. The number of hydrogen-bond donors (Lipinski definition) is 2. The average Bonchev–Trinajstić information content (AvgIpc) is 2.70. The van der Waals surface area contributed by atoms with E-state index in [0.29, 0.717) is 17.8 Å². The van der Waals surface area contributed by atoms with Crippen LogP contribution in [0.1, 0.15) is 44.2 Å². The fourth-order valence-electron chi connectivity index (χ4n) is 2.37. The van der Waals surface area contributed by atoms with Crippen LogP contribution in [0.2, 0.25) is 0 Å². The largest absolute Gasteiger partial charge is 0.273 e. The van der Waals surface area contributed by atoms with Crippen LogP contribution in [0, 0.1) is 0 Å². The fourth-order valence-corrected chi connectivity index (χ4v) is 3.17. The van der Waals surface area contributed by atoms with Crippen LogP contribution in [0.15, 0.2) is 67.7 Å². The second kappa shape index (κ2) is 11.6. The van der Waals surface area contributed by atoms with Crippen molar-refractivity contribution in [3.05, 3.63) is 68.6 Å². The van der Waals surface area contributed by atoms with Crippen molar-refractivity contribution in [1.29, 1.82) is 0 Å². The summed E-state index contributed by atoms with van der Waals surface area (Å²) in [5.74, 6) is -0.470. The van der Waals surface area contributed by atoms with E-state index < -0.39 is 0 Å². The zero-order chi connectivity index (χ0) is 21.2. The van der Waals surface area contributed by atoms with Gasteiger partial charge in [-0.05, 0) is 55.7 Å². The Morgan fingerprint density at radius 3 is 1.59 bits per heavy atom. The highest BCUT2D eigenvalue weighted by Crippen LogP contribution is 2.13. The molecule has 0 saturated carbocycles. The van der Waals surface area contributed by atoms with E-state index in [1.165, 1.54) is 0 Å². The number of nitrogens with zero attached hydrogens (tertiary/aromatic N) is 2. The number of hydrazone groups is 2. The predicted octanol–water partition coefficient (Wildman–Crippen LogP) is 4.76. The predicted molar refractivity (Wildman–Crippen MR) is 123 cm³/mol. The standard InChI is InChI=1S/C21H22Br2N4O2/c1-14(16-6-3-8-18(22)12-16)24-26-20(28)10-5-11-21(29)27-25-15(2)17-7-4-9-19(23)13-17/h3-4,6-9,12-13H,5,10-11H2,1-2H3,(H,26,28)(H,27,29). The Morgan fingerprint density at radius 1 is 0.793 bits per heavy atom. The smallest absolute Gasteiger partial charge is 0.240 e. The lowest BCUT2D eigenvalue weighted by Crippen LogP contribution is -2.21. The molecule has 0 bridgehead atoms. The molecule has 2 rings (SSSR count). The molecule has 0 fully saturated rings. The molecule has 0 aliphatic carbocycles. The summed E-state index contributed by atoms with van der Waals surface area (Å²) in [6, 6.07) is 15.3. The van der Waals surface area contributed by atoms with Gasteiger partial charge in [-0.15, -0.1) is 0 Å². The minimum atomic E-state index is -0.235. The van der Waals surface area contributed by atoms with Crippen molar-refractivity contribution in [3.63, 3.8) is 0 Å². The van der Waals surface area contributed by atoms with E-state index in [2.05, 4.69) is 52.9 Å². The van der Waals surface area contributed by atoms with Gasteiger partial charge in [-0.25, -0.2) is 10.9 Å². The maximum absolute atomic E-state index is 11.9. The summed E-state index contributed by atoms with van der Waals surface area (Å²) >= 11 is 6.81. The Labute approximate surface area is 187 Å². The van der Waals surface area contributed by atoms with Gasteiger partial charge < -0.3 is 0 Å². The molecule has 0 aliphatic heterocycles. The van der Waals surface area contributed by atoms with E-state index in [1.54, 1.807) is 0 Å². The van der Waals surface area contributed by atoms with Crippen LogP contribution in [-0.4, -0.2) is 23.2 Å². The molecule has 2 amide bonds. The van der Waals surface area contributed by atoms with Gasteiger partial charge in [-0.1, -0.05) is 56.1 Å². The van der Waals surface area contributed by atoms with Gasteiger partial charge >= 0.3 is 0 Å². The molecule has 2 aromatic carbocycles. The minimum Gasteiger partial charge on any atom is -0.273 e. The summed E-state index contributed by atoms with van der Waals surface area (Å²) in [5.41, 5.74) is 8.28. The molecule has 0 unspecified atom stereocenters. The van der Waals surface area contributed by atoms with E-state index in [4.69, 9.17) is 0 Å². The molecule has 0 saturated heterocycles. The maximum atomic E-state index is 11.9. The molecule has 0 atom stereocenters. The lowest BCUT2D eigenvalue weighted by Gasteiger charge is -2.05. The molecule has 2 N–H and O–H groups in total. The Morgan fingerprint density at radius 2 is 1.21 bits per heavy atom. The number of hydrogen-bond acceptors (Lipinski definition) is 4. The van der Waals surface area contributed by atoms with Gasteiger partial charge in [0.2, 0.25) is 11.8 Å². The molecule has 6 nitrogen and oxygen atoms in total. The molecule has 2 aromatic rings. The van der Waals surface area contributed by atoms with Crippen LogP contribution < -0.4 is 10.9 Å². The monoisotopic (exact) mass is 520 g/mol. The second-order valence-electron chi connectivity index (χ2n) is 6.34. The van der Waals surface area contributed by atoms with Crippen LogP contribution >= 0.6 is 31.9 Å². The molecular weight excluding hydrogens is 500 g/mol. The van der Waals surface area contributed by atoms with E-state index >= 15 is 0 Å². The normalized spacial score (nSPS) is 11.9. The Bertz CT molecular complexity index is 866. The molecule has 29 heavy (non-hydrogen) atoms. The summed E-state index contributed by atoms with van der Waals surface area (Å²) < 4.78 is 1.89. The lowest BCUT2D eigenvalue weighted by atomic mass is 10.1. The molecule has 152 valence electrons. The van der Waals surface area contributed by atoms with Crippen LogP contribution in [-0.2, 0) is 9.59 Å². The highest BCUT2D eigenvalue weighted by molar-refractivity contribution is 9.10. The van der Waals surface area contributed by atoms with Crippen LogP contribution in [0.4, 0.5) is 0 Å². The average molecular weight is 522 g/mol. The number of carbonyl (C=O) groups is 2. The summed E-state index contributed by atoms with van der Waals surface area (Å²) in [4.78, 5) is 23.8. The topological polar surface area (TPSA) is 82.9 Å². The van der Waals surface area contributed by atoms with Crippen molar-refractivity contribution in [2.45, 2.75) is 33.1 Å². The van der Waals surface area contributed by atoms with Crippen LogP contribution in [0.3, 0.4) is 0 Å². The number of benzene rings is 2. The first-order valence-corrected chi connectivity index (χ1v) is 10.6. The molecule has 8 heteroatoms. The second-order valence-corrected chi connectivity index (χ2v) is 8.17. The quantitative estimate of drug-likeness (QED) is 0.387. The van der Waals surface area contributed by atoms with Crippen molar-refractivity contribution in [3.8, 4) is 0 Å². The third kappa shape index (κ3) is 8.29. The Hall–Kier alpha value is -2.32. The molecule has 0 heterocycles.